The molecule has 4 heterocycles. The summed E-state index contributed by atoms with van der Waals surface area (Å²) >= 11 is 0. The van der Waals surface area contributed by atoms with Crippen molar-refractivity contribution in [3.05, 3.63) is 64.9 Å². The van der Waals surface area contributed by atoms with Gasteiger partial charge in [-0.1, -0.05) is 13.0 Å². The molecule has 1 saturated carbocycles. The van der Waals surface area contributed by atoms with Crippen LogP contribution in [0.25, 0.3) is 5.82 Å². The summed E-state index contributed by atoms with van der Waals surface area (Å²) in [5, 5.41) is 7.41. The number of hydrogen-bond acceptors (Lipinski definition) is 6. The number of nitrogens with one attached hydrogen (secondary N) is 1. The van der Waals surface area contributed by atoms with E-state index in [-0.39, 0.29) is 5.91 Å². The molecule has 1 N–H and O–H groups in total. The molecule has 0 aromatic carbocycles. The first-order chi connectivity index (χ1) is 17.5. The summed E-state index contributed by atoms with van der Waals surface area (Å²) in [5.41, 5.74) is 5.45. The number of hydrogen-bond donors (Lipinski definition) is 1. The van der Waals surface area contributed by atoms with Gasteiger partial charge in [0.2, 0.25) is 0 Å². The van der Waals surface area contributed by atoms with Gasteiger partial charge in [0.15, 0.2) is 5.82 Å². The highest BCUT2D eigenvalue weighted by atomic mass is 16.5. The Balaban J connectivity index is 1.22. The molecule has 0 radical (unpaired) electrons. The molecule has 5 rings (SSSR count). The average Bonchev–Trinajstić information content (AvgIpc) is 3.31. The van der Waals surface area contributed by atoms with Gasteiger partial charge in [0.25, 0.3) is 5.91 Å². The SMILES string of the molecule is CCc1ccc(-n2ncc(C(=O)Nc3cnc(C4CCC(N5CCOCC5)CC4)c(C)c3)c2C)nc1. The summed E-state index contributed by atoms with van der Waals surface area (Å²) in [6.07, 6.45) is 10.9. The van der Waals surface area contributed by atoms with E-state index in [2.05, 4.69) is 34.1 Å². The lowest BCUT2D eigenvalue weighted by Crippen LogP contribution is -2.44. The predicted molar refractivity (Wildman–Crippen MR) is 140 cm³/mol. The van der Waals surface area contributed by atoms with Gasteiger partial charge in [0.1, 0.15) is 0 Å². The first-order valence-corrected chi connectivity index (χ1v) is 13.1. The molecule has 1 aliphatic carbocycles. The van der Waals surface area contributed by atoms with Crippen LogP contribution in [0, 0.1) is 13.8 Å². The highest BCUT2D eigenvalue weighted by molar-refractivity contribution is 6.04. The second-order valence-corrected chi connectivity index (χ2v) is 9.97. The maximum atomic E-state index is 13.0. The van der Waals surface area contributed by atoms with Crippen LogP contribution in [0.1, 0.15) is 71.4 Å². The van der Waals surface area contributed by atoms with Gasteiger partial charge in [-0.2, -0.15) is 5.10 Å². The zero-order valence-corrected chi connectivity index (χ0v) is 21.5. The molecule has 1 amide bonds. The van der Waals surface area contributed by atoms with Gasteiger partial charge >= 0.3 is 0 Å². The Hall–Kier alpha value is -3.10. The minimum Gasteiger partial charge on any atom is -0.379 e. The van der Waals surface area contributed by atoms with Crippen LogP contribution >= 0.6 is 0 Å². The Kier molecular flexibility index (Phi) is 7.43. The lowest BCUT2D eigenvalue weighted by molar-refractivity contribution is 0.00720. The summed E-state index contributed by atoms with van der Waals surface area (Å²) in [4.78, 5) is 24.9. The van der Waals surface area contributed by atoms with Crippen LogP contribution in [0.4, 0.5) is 5.69 Å². The molecular formula is C28H36N6O2. The molecule has 190 valence electrons. The number of aromatic nitrogens is 4. The van der Waals surface area contributed by atoms with Crippen molar-refractivity contribution in [3.63, 3.8) is 0 Å². The molecule has 3 aromatic rings. The summed E-state index contributed by atoms with van der Waals surface area (Å²) in [7, 11) is 0. The van der Waals surface area contributed by atoms with Gasteiger partial charge in [-0.25, -0.2) is 9.67 Å². The van der Waals surface area contributed by atoms with Crippen molar-refractivity contribution in [3.8, 4) is 5.82 Å². The number of anilines is 1. The molecule has 0 unspecified atom stereocenters. The van der Waals surface area contributed by atoms with Crippen LogP contribution in [-0.2, 0) is 11.2 Å². The maximum absolute atomic E-state index is 13.0. The van der Waals surface area contributed by atoms with Crippen molar-refractivity contribution >= 4 is 11.6 Å². The monoisotopic (exact) mass is 488 g/mol. The zero-order chi connectivity index (χ0) is 25.1. The quantitative estimate of drug-likeness (QED) is 0.552. The van der Waals surface area contributed by atoms with Crippen molar-refractivity contribution in [2.24, 2.45) is 0 Å². The van der Waals surface area contributed by atoms with E-state index in [0.29, 0.717) is 29.0 Å². The molecule has 2 aliphatic rings. The van der Waals surface area contributed by atoms with E-state index in [1.165, 1.54) is 18.5 Å². The lowest BCUT2D eigenvalue weighted by atomic mass is 9.82. The van der Waals surface area contributed by atoms with Crippen molar-refractivity contribution in [2.45, 2.75) is 64.8 Å². The molecule has 8 heteroatoms. The summed E-state index contributed by atoms with van der Waals surface area (Å²) in [6, 6.07) is 6.68. The van der Waals surface area contributed by atoms with Crippen LogP contribution < -0.4 is 5.32 Å². The normalized spacial score (nSPS) is 20.9. The molecule has 2 fully saturated rings. The lowest BCUT2D eigenvalue weighted by Gasteiger charge is -2.38. The number of nitrogens with zero attached hydrogens (tertiary/aromatic N) is 5. The van der Waals surface area contributed by atoms with E-state index in [1.807, 2.05) is 31.3 Å². The van der Waals surface area contributed by atoms with Crippen molar-refractivity contribution in [2.75, 3.05) is 31.6 Å². The standard InChI is InChI=1S/C28H36N6O2/c1-4-21-5-10-26(29-16-21)34-20(3)25(18-31-34)28(35)32-23-15-19(2)27(30-17-23)22-6-8-24(9-7-22)33-11-13-36-14-12-33/h5,10,15-18,22,24H,4,6-9,11-14H2,1-3H3,(H,32,35). The smallest absolute Gasteiger partial charge is 0.259 e. The summed E-state index contributed by atoms with van der Waals surface area (Å²) < 4.78 is 7.21. The fourth-order valence-corrected chi connectivity index (χ4v) is 5.55. The number of rotatable bonds is 6. The Morgan fingerprint density at radius 2 is 1.83 bits per heavy atom. The largest absolute Gasteiger partial charge is 0.379 e. The Morgan fingerprint density at radius 1 is 1.06 bits per heavy atom. The van der Waals surface area contributed by atoms with E-state index < -0.39 is 0 Å². The highest BCUT2D eigenvalue weighted by Crippen LogP contribution is 2.36. The molecule has 3 aromatic heterocycles. The Bertz CT molecular complexity index is 1190. The van der Waals surface area contributed by atoms with Crippen LogP contribution in [0.2, 0.25) is 0 Å². The van der Waals surface area contributed by atoms with Gasteiger partial charge in [0, 0.05) is 36.9 Å². The number of carbonyl (C=O) groups excluding carboxylic acids is 1. The van der Waals surface area contributed by atoms with E-state index in [9.17, 15) is 4.79 Å². The number of morpholine rings is 1. The van der Waals surface area contributed by atoms with E-state index in [0.717, 1.165) is 62.4 Å². The first kappa shape index (κ1) is 24.6. The van der Waals surface area contributed by atoms with E-state index >= 15 is 0 Å². The fraction of sp³-hybridized carbons (Fsp3) is 0.500. The van der Waals surface area contributed by atoms with Crippen LogP contribution in [0.3, 0.4) is 0 Å². The molecule has 0 bridgehead atoms. The predicted octanol–water partition coefficient (Wildman–Crippen LogP) is 4.45. The van der Waals surface area contributed by atoms with Gasteiger partial charge in [0.05, 0.1) is 42.6 Å². The Morgan fingerprint density at radius 3 is 2.50 bits per heavy atom. The molecule has 0 spiro atoms. The van der Waals surface area contributed by atoms with Gasteiger partial charge in [-0.15, -0.1) is 0 Å². The second-order valence-electron chi connectivity index (χ2n) is 9.97. The van der Waals surface area contributed by atoms with Crippen molar-refractivity contribution in [1.29, 1.82) is 0 Å². The first-order valence-electron chi connectivity index (χ1n) is 13.1. The molecule has 1 saturated heterocycles. The van der Waals surface area contributed by atoms with Crippen LogP contribution in [0.5, 0.6) is 0 Å². The Labute approximate surface area is 213 Å². The molecule has 36 heavy (non-hydrogen) atoms. The second kappa shape index (κ2) is 10.9. The summed E-state index contributed by atoms with van der Waals surface area (Å²) in [6.45, 7) is 9.91. The maximum Gasteiger partial charge on any atom is 0.259 e. The molecule has 0 atom stereocenters. The summed E-state index contributed by atoms with van der Waals surface area (Å²) in [5.74, 6) is 0.997. The molecule has 8 nitrogen and oxygen atoms in total. The van der Waals surface area contributed by atoms with E-state index in [1.54, 1.807) is 17.1 Å². The number of amides is 1. The third-order valence-corrected chi connectivity index (χ3v) is 7.71. The molecular weight excluding hydrogens is 452 g/mol. The minimum atomic E-state index is -0.191. The third-order valence-electron chi connectivity index (χ3n) is 7.71. The highest BCUT2D eigenvalue weighted by Gasteiger charge is 2.29. The number of aryl methyl sites for hydroxylation is 2. The third kappa shape index (κ3) is 5.20. The number of pyridine rings is 2. The van der Waals surface area contributed by atoms with Crippen LogP contribution in [0.15, 0.2) is 36.8 Å². The minimum absolute atomic E-state index is 0.191. The number of ether oxygens (including phenoxy) is 1. The van der Waals surface area contributed by atoms with Gasteiger partial charge < -0.3 is 10.1 Å². The van der Waals surface area contributed by atoms with Crippen molar-refractivity contribution < 1.29 is 9.53 Å². The fourth-order valence-electron chi connectivity index (χ4n) is 5.55. The zero-order valence-electron chi connectivity index (χ0n) is 21.5. The van der Waals surface area contributed by atoms with Crippen molar-refractivity contribution in [1.82, 2.24) is 24.6 Å². The average molecular weight is 489 g/mol. The van der Waals surface area contributed by atoms with Crippen LogP contribution in [-0.4, -0.2) is 62.9 Å². The number of carbonyl (C=O) groups is 1. The van der Waals surface area contributed by atoms with Gasteiger partial charge in [-0.05, 0) is 69.2 Å². The topological polar surface area (TPSA) is 85.2 Å². The molecule has 1 aliphatic heterocycles. The van der Waals surface area contributed by atoms with E-state index in [4.69, 9.17) is 9.72 Å². The van der Waals surface area contributed by atoms with Gasteiger partial charge in [-0.3, -0.25) is 14.7 Å².